The number of aryl methyl sites for hydroxylation is 1. The molecule has 2 rings (SSSR count). The lowest BCUT2D eigenvalue weighted by molar-refractivity contribution is -0.152. The van der Waals surface area contributed by atoms with Crippen LogP contribution in [0.15, 0.2) is 30.3 Å². The molecule has 1 fully saturated rings. The van der Waals surface area contributed by atoms with Gasteiger partial charge in [-0.2, -0.15) is 0 Å². The van der Waals surface area contributed by atoms with Crippen molar-refractivity contribution >= 4 is 12.0 Å². The summed E-state index contributed by atoms with van der Waals surface area (Å²) in [5.74, 6) is 0.0234. The Kier molecular flexibility index (Phi) is 3.97. The van der Waals surface area contributed by atoms with Crippen LogP contribution in [0.1, 0.15) is 30.4 Å². The van der Waals surface area contributed by atoms with E-state index in [2.05, 4.69) is 43.3 Å². The van der Waals surface area contributed by atoms with Crippen LogP contribution >= 0.6 is 0 Å². The fraction of sp³-hybridized carbons (Fsp3) is 0.400. The Balaban J connectivity index is 1.88. The lowest BCUT2D eigenvalue weighted by Gasteiger charge is -2.19. The molecular formula is C15H18O2. The summed E-state index contributed by atoms with van der Waals surface area (Å²) in [5, 5.41) is 0. The zero-order valence-electron chi connectivity index (χ0n) is 10.2. The number of allylic oxidation sites excluding steroid dienone is 1. The van der Waals surface area contributed by atoms with Crippen molar-refractivity contribution in [1.82, 2.24) is 0 Å². The molecule has 2 nitrogen and oxygen atoms in total. The molecule has 1 saturated heterocycles. The summed E-state index contributed by atoms with van der Waals surface area (Å²) in [6.45, 7) is 2.67. The predicted molar refractivity (Wildman–Crippen MR) is 68.5 cm³/mol. The van der Waals surface area contributed by atoms with Gasteiger partial charge in [-0.25, -0.2) is 0 Å². The summed E-state index contributed by atoms with van der Waals surface area (Å²) in [5.41, 5.74) is 2.44. The van der Waals surface area contributed by atoms with Gasteiger partial charge in [-0.15, -0.1) is 0 Å². The largest absolute Gasteiger partial charge is 0.465 e. The molecule has 0 radical (unpaired) electrons. The van der Waals surface area contributed by atoms with E-state index in [-0.39, 0.29) is 11.9 Å². The minimum atomic E-state index is -0.0372. The summed E-state index contributed by atoms with van der Waals surface area (Å²) < 4.78 is 5.04. The van der Waals surface area contributed by atoms with Crippen molar-refractivity contribution in [2.75, 3.05) is 6.61 Å². The first-order chi connectivity index (χ1) is 8.25. The van der Waals surface area contributed by atoms with Crippen molar-refractivity contribution in [2.45, 2.75) is 26.2 Å². The quantitative estimate of drug-likeness (QED) is 0.744. The molecule has 0 saturated carbocycles. The molecule has 0 amide bonds. The van der Waals surface area contributed by atoms with Crippen LogP contribution in [0.2, 0.25) is 0 Å². The summed E-state index contributed by atoms with van der Waals surface area (Å²) in [6.07, 6.45) is 6.88. The summed E-state index contributed by atoms with van der Waals surface area (Å²) >= 11 is 0. The van der Waals surface area contributed by atoms with Crippen LogP contribution in [-0.4, -0.2) is 12.6 Å². The van der Waals surface area contributed by atoms with E-state index in [9.17, 15) is 4.79 Å². The van der Waals surface area contributed by atoms with Gasteiger partial charge in [-0.05, 0) is 31.7 Å². The van der Waals surface area contributed by atoms with E-state index in [1.165, 1.54) is 11.1 Å². The average Bonchev–Trinajstić information content (AvgIpc) is 2.34. The highest BCUT2D eigenvalue weighted by atomic mass is 16.5. The molecule has 1 unspecified atom stereocenters. The van der Waals surface area contributed by atoms with Crippen molar-refractivity contribution in [2.24, 2.45) is 5.92 Å². The fourth-order valence-corrected chi connectivity index (χ4v) is 2.00. The monoisotopic (exact) mass is 230 g/mol. The van der Waals surface area contributed by atoms with Crippen molar-refractivity contribution < 1.29 is 9.53 Å². The molecule has 0 aromatic heterocycles. The highest BCUT2D eigenvalue weighted by Crippen LogP contribution is 2.19. The fourth-order valence-electron chi connectivity index (χ4n) is 2.00. The number of hydrogen-bond donors (Lipinski definition) is 0. The number of hydrogen-bond acceptors (Lipinski definition) is 2. The number of rotatable bonds is 3. The van der Waals surface area contributed by atoms with Gasteiger partial charge in [0, 0.05) is 0 Å². The van der Waals surface area contributed by atoms with E-state index < -0.39 is 0 Å². The maximum atomic E-state index is 11.4. The van der Waals surface area contributed by atoms with E-state index in [4.69, 9.17) is 4.74 Å². The van der Waals surface area contributed by atoms with Gasteiger partial charge in [-0.3, -0.25) is 4.79 Å². The molecule has 2 heteroatoms. The third-order valence-corrected chi connectivity index (χ3v) is 3.08. The number of carbonyl (C=O) groups is 1. The van der Waals surface area contributed by atoms with Gasteiger partial charge in [0.05, 0.1) is 12.5 Å². The van der Waals surface area contributed by atoms with Crippen molar-refractivity contribution in [3.05, 3.63) is 41.5 Å². The molecule has 1 aromatic rings. The van der Waals surface area contributed by atoms with Crippen LogP contribution in [0.3, 0.4) is 0 Å². The smallest absolute Gasteiger partial charge is 0.309 e. The standard InChI is InChI=1S/C15H18O2/c1-12-7-9-13(10-8-12)4-2-5-14-6-3-11-17-15(14)16/h2,4,7-10,14H,3,5-6,11H2,1H3/b4-2+. The minimum absolute atomic E-state index is 0.0372. The molecular weight excluding hydrogens is 212 g/mol. The van der Waals surface area contributed by atoms with Crippen LogP contribution in [0, 0.1) is 12.8 Å². The van der Waals surface area contributed by atoms with Gasteiger partial charge in [-0.1, -0.05) is 42.0 Å². The van der Waals surface area contributed by atoms with Crippen molar-refractivity contribution in [3.8, 4) is 0 Å². The summed E-state index contributed by atoms with van der Waals surface area (Å²) in [4.78, 5) is 11.4. The van der Waals surface area contributed by atoms with E-state index in [1.54, 1.807) is 0 Å². The first-order valence-electron chi connectivity index (χ1n) is 6.15. The summed E-state index contributed by atoms with van der Waals surface area (Å²) in [6, 6.07) is 8.36. The molecule has 90 valence electrons. The van der Waals surface area contributed by atoms with Crippen LogP contribution in [-0.2, 0) is 9.53 Å². The van der Waals surface area contributed by atoms with Crippen molar-refractivity contribution in [1.29, 1.82) is 0 Å². The molecule has 0 spiro atoms. The Hall–Kier alpha value is -1.57. The maximum Gasteiger partial charge on any atom is 0.309 e. The number of ether oxygens (including phenoxy) is 1. The van der Waals surface area contributed by atoms with Crippen LogP contribution in [0.5, 0.6) is 0 Å². The molecule has 17 heavy (non-hydrogen) atoms. The Morgan fingerprint density at radius 1 is 1.35 bits per heavy atom. The number of cyclic esters (lactones) is 1. The second kappa shape index (κ2) is 5.67. The Morgan fingerprint density at radius 3 is 2.82 bits per heavy atom. The maximum absolute atomic E-state index is 11.4. The third kappa shape index (κ3) is 3.45. The zero-order chi connectivity index (χ0) is 12.1. The Morgan fingerprint density at radius 2 is 2.12 bits per heavy atom. The van der Waals surface area contributed by atoms with Crippen LogP contribution in [0.4, 0.5) is 0 Å². The third-order valence-electron chi connectivity index (χ3n) is 3.08. The molecule has 1 aliphatic rings. The lowest BCUT2D eigenvalue weighted by Crippen LogP contribution is -2.23. The van der Waals surface area contributed by atoms with E-state index in [0.29, 0.717) is 6.61 Å². The molecule has 1 atom stereocenters. The van der Waals surface area contributed by atoms with Gasteiger partial charge in [0.15, 0.2) is 0 Å². The second-order valence-electron chi connectivity index (χ2n) is 4.56. The first-order valence-corrected chi connectivity index (χ1v) is 6.15. The molecule has 0 aliphatic carbocycles. The van der Waals surface area contributed by atoms with Gasteiger partial charge in [0.1, 0.15) is 0 Å². The predicted octanol–water partition coefficient (Wildman–Crippen LogP) is 3.35. The topological polar surface area (TPSA) is 26.3 Å². The van der Waals surface area contributed by atoms with E-state index >= 15 is 0 Å². The highest BCUT2D eigenvalue weighted by molar-refractivity contribution is 5.73. The molecule has 1 aromatic carbocycles. The number of esters is 1. The molecule has 0 N–H and O–H groups in total. The first kappa shape index (κ1) is 11.9. The average molecular weight is 230 g/mol. The van der Waals surface area contributed by atoms with E-state index in [0.717, 1.165) is 19.3 Å². The molecule has 1 aliphatic heterocycles. The number of benzene rings is 1. The van der Waals surface area contributed by atoms with Gasteiger partial charge >= 0.3 is 5.97 Å². The Labute approximate surface area is 102 Å². The van der Waals surface area contributed by atoms with Crippen LogP contribution < -0.4 is 0 Å². The second-order valence-corrected chi connectivity index (χ2v) is 4.56. The number of carbonyl (C=O) groups excluding carboxylic acids is 1. The molecule has 1 heterocycles. The lowest BCUT2D eigenvalue weighted by atomic mass is 9.97. The summed E-state index contributed by atoms with van der Waals surface area (Å²) in [7, 11) is 0. The SMILES string of the molecule is Cc1ccc(/C=C/CC2CCCOC2=O)cc1. The minimum Gasteiger partial charge on any atom is -0.465 e. The molecule has 0 bridgehead atoms. The van der Waals surface area contributed by atoms with Gasteiger partial charge in [0.2, 0.25) is 0 Å². The van der Waals surface area contributed by atoms with Crippen LogP contribution in [0.25, 0.3) is 6.08 Å². The van der Waals surface area contributed by atoms with Gasteiger partial charge < -0.3 is 4.74 Å². The highest BCUT2D eigenvalue weighted by Gasteiger charge is 2.22. The van der Waals surface area contributed by atoms with Gasteiger partial charge in [0.25, 0.3) is 0 Å². The zero-order valence-corrected chi connectivity index (χ0v) is 10.2. The normalized spacial score (nSPS) is 20.5. The van der Waals surface area contributed by atoms with E-state index in [1.807, 2.05) is 0 Å². The Bertz CT molecular complexity index is 403. The van der Waals surface area contributed by atoms with Crippen molar-refractivity contribution in [3.63, 3.8) is 0 Å².